The van der Waals surface area contributed by atoms with Crippen LogP contribution in [0.3, 0.4) is 0 Å². The maximum atomic E-state index is 9.77. The van der Waals surface area contributed by atoms with E-state index in [2.05, 4.69) is 17.7 Å². The second-order valence-electron chi connectivity index (χ2n) is 2.40. The minimum Gasteiger partial charge on any atom is -0.467 e. The molecule has 1 atom stereocenters. The number of hydrogen-bond donors (Lipinski definition) is 0. The van der Waals surface area contributed by atoms with Crippen LogP contribution in [0, 0.1) is 17.2 Å². The molecular weight excluding hydrogens is 142 g/mol. The Bertz CT molecular complexity index is 140. The second kappa shape index (κ2) is 7.07. The summed E-state index contributed by atoms with van der Waals surface area (Å²) in [7, 11) is 0. The predicted molar refractivity (Wildman–Crippen MR) is 40.6 cm³/mol. The highest BCUT2D eigenvalue weighted by Crippen LogP contribution is 2.06. The molecule has 1 unspecified atom stereocenters. The second-order valence-corrected chi connectivity index (χ2v) is 2.40. The first kappa shape index (κ1) is 9.96. The first-order valence-corrected chi connectivity index (χ1v) is 3.80. The van der Waals surface area contributed by atoms with E-state index in [0.717, 1.165) is 19.3 Å². The van der Waals surface area contributed by atoms with Crippen LogP contribution in [0.1, 0.15) is 26.2 Å². The largest absolute Gasteiger partial charge is 0.467 e. The molecular formula is C8H13NO2. The van der Waals surface area contributed by atoms with Gasteiger partial charge in [-0.25, -0.2) is 0 Å². The Morgan fingerprint density at radius 2 is 2.45 bits per heavy atom. The van der Waals surface area contributed by atoms with E-state index < -0.39 is 0 Å². The van der Waals surface area contributed by atoms with Gasteiger partial charge >= 0.3 is 0 Å². The summed E-state index contributed by atoms with van der Waals surface area (Å²) in [5.74, 6) is -0.125. The molecule has 62 valence electrons. The van der Waals surface area contributed by atoms with Gasteiger partial charge in [0.05, 0.1) is 12.0 Å². The lowest BCUT2D eigenvalue weighted by Gasteiger charge is -2.04. The van der Waals surface area contributed by atoms with Gasteiger partial charge in [-0.2, -0.15) is 5.26 Å². The van der Waals surface area contributed by atoms with E-state index in [-0.39, 0.29) is 12.5 Å². The summed E-state index contributed by atoms with van der Waals surface area (Å²) in [6, 6.07) is 2.09. The summed E-state index contributed by atoms with van der Waals surface area (Å²) in [4.78, 5) is 9.77. The number of unbranched alkanes of at least 4 members (excludes halogenated alkanes) is 1. The highest BCUT2D eigenvalue weighted by molar-refractivity contribution is 5.36. The fourth-order valence-electron chi connectivity index (χ4n) is 0.791. The van der Waals surface area contributed by atoms with Crippen LogP contribution in [0.15, 0.2) is 0 Å². The standard InChI is InChI=1S/C8H13NO2/c1-2-3-4-8(5-9)6-11-7-10/h7-8H,2-4,6H2,1H3. The Kier molecular flexibility index (Phi) is 6.40. The Balaban J connectivity index is 3.43. The third-order valence-electron chi connectivity index (χ3n) is 1.45. The van der Waals surface area contributed by atoms with Gasteiger partial charge in [0.25, 0.3) is 6.47 Å². The number of rotatable bonds is 6. The number of carbonyl (C=O) groups is 1. The predicted octanol–water partition coefficient (Wildman–Crippen LogP) is 1.49. The molecule has 0 spiro atoms. The average Bonchev–Trinajstić information content (AvgIpc) is 2.05. The van der Waals surface area contributed by atoms with Gasteiger partial charge in [0.2, 0.25) is 0 Å². The third kappa shape index (κ3) is 5.41. The van der Waals surface area contributed by atoms with Crippen molar-refractivity contribution in [2.24, 2.45) is 5.92 Å². The Hall–Kier alpha value is -1.04. The lowest BCUT2D eigenvalue weighted by Crippen LogP contribution is -2.06. The molecule has 0 heterocycles. The third-order valence-corrected chi connectivity index (χ3v) is 1.45. The zero-order valence-corrected chi connectivity index (χ0v) is 6.75. The van der Waals surface area contributed by atoms with Crippen LogP contribution in [-0.4, -0.2) is 13.1 Å². The molecule has 0 saturated carbocycles. The summed E-state index contributed by atoms with van der Waals surface area (Å²) in [6.45, 7) is 2.69. The number of hydrogen-bond acceptors (Lipinski definition) is 3. The van der Waals surface area contributed by atoms with Crippen LogP contribution in [0.2, 0.25) is 0 Å². The van der Waals surface area contributed by atoms with Crippen LogP contribution < -0.4 is 0 Å². The van der Waals surface area contributed by atoms with Crippen molar-refractivity contribution in [2.45, 2.75) is 26.2 Å². The molecule has 0 aromatic carbocycles. The normalized spacial score (nSPS) is 11.6. The van der Waals surface area contributed by atoms with Gasteiger partial charge in [-0.15, -0.1) is 0 Å². The highest BCUT2D eigenvalue weighted by Gasteiger charge is 2.05. The molecule has 0 amide bonds. The molecule has 3 heteroatoms. The van der Waals surface area contributed by atoms with E-state index in [1.165, 1.54) is 0 Å². The number of carbonyl (C=O) groups excluding carboxylic acids is 1. The van der Waals surface area contributed by atoms with Crippen molar-refractivity contribution in [3.05, 3.63) is 0 Å². The molecule has 0 aliphatic rings. The van der Waals surface area contributed by atoms with Crippen molar-refractivity contribution < 1.29 is 9.53 Å². The molecule has 0 aromatic heterocycles. The van der Waals surface area contributed by atoms with Crippen molar-refractivity contribution in [2.75, 3.05) is 6.61 Å². The summed E-state index contributed by atoms with van der Waals surface area (Å²) in [5, 5.41) is 8.53. The SMILES string of the molecule is CCCCC(C#N)COC=O. The smallest absolute Gasteiger partial charge is 0.293 e. The lowest BCUT2D eigenvalue weighted by atomic mass is 10.1. The van der Waals surface area contributed by atoms with Gasteiger partial charge in [0.1, 0.15) is 6.61 Å². The van der Waals surface area contributed by atoms with Crippen LogP contribution >= 0.6 is 0 Å². The van der Waals surface area contributed by atoms with E-state index in [4.69, 9.17) is 5.26 Å². The summed E-state index contributed by atoms with van der Waals surface area (Å²) < 4.78 is 4.48. The molecule has 0 radical (unpaired) electrons. The lowest BCUT2D eigenvalue weighted by molar-refractivity contribution is -0.129. The topological polar surface area (TPSA) is 50.1 Å². The van der Waals surface area contributed by atoms with Crippen molar-refractivity contribution in [1.82, 2.24) is 0 Å². The molecule has 0 aromatic rings. The molecule has 0 aliphatic carbocycles. The van der Waals surface area contributed by atoms with Gasteiger partial charge in [-0.05, 0) is 6.42 Å². The summed E-state index contributed by atoms with van der Waals surface area (Å²) in [5.41, 5.74) is 0. The van der Waals surface area contributed by atoms with Crippen molar-refractivity contribution in [3.8, 4) is 6.07 Å². The van der Waals surface area contributed by atoms with E-state index in [9.17, 15) is 4.79 Å². The van der Waals surface area contributed by atoms with Gasteiger partial charge in [-0.3, -0.25) is 4.79 Å². The first-order valence-electron chi connectivity index (χ1n) is 3.80. The van der Waals surface area contributed by atoms with Crippen molar-refractivity contribution in [3.63, 3.8) is 0 Å². The average molecular weight is 155 g/mol. The minimum atomic E-state index is -0.125. The zero-order valence-electron chi connectivity index (χ0n) is 6.75. The maximum Gasteiger partial charge on any atom is 0.293 e. The molecule has 0 saturated heterocycles. The zero-order chi connectivity index (χ0) is 8.53. The Morgan fingerprint density at radius 1 is 1.73 bits per heavy atom. The first-order chi connectivity index (χ1) is 5.35. The molecule has 0 fully saturated rings. The van der Waals surface area contributed by atoms with Gasteiger partial charge in [0.15, 0.2) is 0 Å². The van der Waals surface area contributed by atoms with Crippen LogP contribution in [0.5, 0.6) is 0 Å². The maximum absolute atomic E-state index is 9.77. The molecule has 0 aliphatic heterocycles. The van der Waals surface area contributed by atoms with Gasteiger partial charge in [0, 0.05) is 0 Å². The Labute approximate surface area is 67.0 Å². The molecule has 0 N–H and O–H groups in total. The molecule has 0 bridgehead atoms. The number of nitriles is 1. The van der Waals surface area contributed by atoms with Crippen LogP contribution in [-0.2, 0) is 9.53 Å². The van der Waals surface area contributed by atoms with Crippen LogP contribution in [0.4, 0.5) is 0 Å². The Morgan fingerprint density at radius 3 is 2.91 bits per heavy atom. The number of ether oxygens (including phenoxy) is 1. The van der Waals surface area contributed by atoms with E-state index in [1.54, 1.807) is 0 Å². The molecule has 11 heavy (non-hydrogen) atoms. The number of nitrogens with zero attached hydrogens (tertiary/aromatic N) is 1. The van der Waals surface area contributed by atoms with E-state index in [1.807, 2.05) is 0 Å². The van der Waals surface area contributed by atoms with Gasteiger partial charge < -0.3 is 4.74 Å². The monoisotopic (exact) mass is 155 g/mol. The highest BCUT2D eigenvalue weighted by atomic mass is 16.5. The summed E-state index contributed by atoms with van der Waals surface area (Å²) in [6.07, 6.45) is 2.90. The van der Waals surface area contributed by atoms with Crippen molar-refractivity contribution in [1.29, 1.82) is 5.26 Å². The summed E-state index contributed by atoms with van der Waals surface area (Å²) >= 11 is 0. The minimum absolute atomic E-state index is 0.125. The van der Waals surface area contributed by atoms with Gasteiger partial charge in [-0.1, -0.05) is 19.8 Å². The van der Waals surface area contributed by atoms with E-state index in [0.29, 0.717) is 6.47 Å². The van der Waals surface area contributed by atoms with E-state index >= 15 is 0 Å². The quantitative estimate of drug-likeness (QED) is 0.546. The molecule has 3 nitrogen and oxygen atoms in total. The molecule has 0 rings (SSSR count). The van der Waals surface area contributed by atoms with Crippen molar-refractivity contribution >= 4 is 6.47 Å². The fraction of sp³-hybridized carbons (Fsp3) is 0.750. The fourth-order valence-corrected chi connectivity index (χ4v) is 0.791. The van der Waals surface area contributed by atoms with Crippen LogP contribution in [0.25, 0.3) is 0 Å².